The highest BCUT2D eigenvalue weighted by molar-refractivity contribution is 5.85. The summed E-state index contributed by atoms with van der Waals surface area (Å²) in [5, 5.41) is 2.94. The van der Waals surface area contributed by atoms with E-state index >= 15 is 0 Å². The number of rotatable bonds is 5. The van der Waals surface area contributed by atoms with Gasteiger partial charge in [0.05, 0.1) is 6.04 Å². The normalized spacial score (nSPS) is 22.1. The summed E-state index contributed by atoms with van der Waals surface area (Å²) in [6.07, 6.45) is 1.55. The van der Waals surface area contributed by atoms with Gasteiger partial charge in [0.15, 0.2) is 0 Å². The zero-order valence-corrected chi connectivity index (χ0v) is 12.6. The third-order valence-corrected chi connectivity index (χ3v) is 3.46. The smallest absolute Gasteiger partial charge is 0.237 e. The van der Waals surface area contributed by atoms with Gasteiger partial charge in [-0.3, -0.25) is 4.79 Å². The van der Waals surface area contributed by atoms with Crippen LogP contribution in [0.3, 0.4) is 0 Å². The van der Waals surface area contributed by atoms with Gasteiger partial charge < -0.3 is 11.1 Å². The molecule has 0 radical (unpaired) electrons. The van der Waals surface area contributed by atoms with Gasteiger partial charge in [-0.1, -0.05) is 26.0 Å². The molecule has 0 saturated heterocycles. The van der Waals surface area contributed by atoms with E-state index in [9.17, 15) is 9.18 Å². The van der Waals surface area contributed by atoms with Crippen molar-refractivity contribution in [2.45, 2.75) is 44.7 Å². The monoisotopic (exact) mass is 300 g/mol. The maximum absolute atomic E-state index is 13.1. The van der Waals surface area contributed by atoms with E-state index in [1.54, 1.807) is 6.07 Å². The predicted molar refractivity (Wildman–Crippen MR) is 80.4 cm³/mol. The third-order valence-electron chi connectivity index (χ3n) is 3.46. The number of halogens is 2. The quantitative estimate of drug-likeness (QED) is 0.878. The number of carbonyl (C=O) groups excluding carboxylic acids is 1. The lowest BCUT2D eigenvalue weighted by Gasteiger charge is -2.14. The minimum atomic E-state index is -0.450. The van der Waals surface area contributed by atoms with Crippen LogP contribution in [0.15, 0.2) is 24.3 Å². The van der Waals surface area contributed by atoms with E-state index < -0.39 is 6.04 Å². The lowest BCUT2D eigenvalue weighted by atomic mass is 10.0. The minimum Gasteiger partial charge on any atom is -0.351 e. The molecule has 1 aromatic carbocycles. The van der Waals surface area contributed by atoms with Gasteiger partial charge in [-0.25, -0.2) is 4.39 Å². The third kappa shape index (κ3) is 4.46. The summed E-state index contributed by atoms with van der Waals surface area (Å²) < 4.78 is 13.1. The molecular weight excluding hydrogens is 279 g/mol. The number of benzene rings is 1. The molecule has 112 valence electrons. The first-order valence-corrected chi connectivity index (χ1v) is 6.78. The van der Waals surface area contributed by atoms with Crippen molar-refractivity contribution in [1.82, 2.24) is 5.32 Å². The number of nitrogens with one attached hydrogen (secondary N) is 1. The van der Waals surface area contributed by atoms with Crippen molar-refractivity contribution in [3.8, 4) is 0 Å². The summed E-state index contributed by atoms with van der Waals surface area (Å²) in [5.41, 5.74) is 6.78. The van der Waals surface area contributed by atoms with Crippen molar-refractivity contribution >= 4 is 18.3 Å². The maximum atomic E-state index is 13.1. The molecule has 0 aromatic heterocycles. The molecule has 1 fully saturated rings. The van der Waals surface area contributed by atoms with Crippen molar-refractivity contribution in [2.24, 2.45) is 11.7 Å². The fourth-order valence-electron chi connectivity index (χ4n) is 2.36. The second-order valence-electron chi connectivity index (χ2n) is 5.75. The molecule has 1 saturated carbocycles. The van der Waals surface area contributed by atoms with Gasteiger partial charge in [-0.05, 0) is 36.5 Å². The molecule has 0 spiro atoms. The molecule has 2 rings (SSSR count). The van der Waals surface area contributed by atoms with E-state index in [1.807, 2.05) is 19.9 Å². The average Bonchev–Trinajstić information content (AvgIpc) is 3.07. The first-order valence-electron chi connectivity index (χ1n) is 6.78. The van der Waals surface area contributed by atoms with Crippen molar-refractivity contribution in [3.63, 3.8) is 0 Å². The van der Waals surface area contributed by atoms with Crippen LogP contribution in [-0.2, 0) is 4.79 Å². The Morgan fingerprint density at radius 2 is 2.20 bits per heavy atom. The van der Waals surface area contributed by atoms with Crippen molar-refractivity contribution in [1.29, 1.82) is 0 Å². The van der Waals surface area contributed by atoms with Gasteiger partial charge in [0, 0.05) is 12.0 Å². The highest BCUT2D eigenvalue weighted by Gasteiger charge is 2.40. The molecule has 3 nitrogen and oxygen atoms in total. The highest BCUT2D eigenvalue weighted by atomic mass is 35.5. The number of hydrogen-bond acceptors (Lipinski definition) is 2. The Kier molecular flexibility index (Phi) is 5.96. The molecule has 3 atom stereocenters. The summed E-state index contributed by atoms with van der Waals surface area (Å²) in [4.78, 5) is 11.9. The Bertz CT molecular complexity index is 467. The van der Waals surface area contributed by atoms with E-state index in [0.29, 0.717) is 12.3 Å². The molecule has 5 heteroatoms. The fourth-order valence-corrected chi connectivity index (χ4v) is 2.36. The first-order chi connectivity index (χ1) is 8.97. The molecule has 3 N–H and O–H groups in total. The largest absolute Gasteiger partial charge is 0.351 e. The zero-order valence-electron chi connectivity index (χ0n) is 11.8. The van der Waals surface area contributed by atoms with Gasteiger partial charge in [0.1, 0.15) is 5.82 Å². The van der Waals surface area contributed by atoms with Crippen molar-refractivity contribution in [3.05, 3.63) is 35.6 Å². The fraction of sp³-hybridized carbons (Fsp3) is 0.533. The molecule has 1 aliphatic carbocycles. The van der Waals surface area contributed by atoms with Crippen LogP contribution >= 0.6 is 12.4 Å². The Hall–Kier alpha value is -1.13. The standard InChI is InChI=1S/C15H21FN2O.ClH/c1-9(2)6-13(17)15(19)18-14-8-12(14)10-4-3-5-11(16)7-10;/h3-5,7,9,12-14H,6,8,17H2,1-2H3,(H,18,19);1H/t12?,13-,14?;/m0./s1. The molecule has 0 aliphatic heterocycles. The average molecular weight is 301 g/mol. The number of carbonyl (C=O) groups is 1. The lowest BCUT2D eigenvalue weighted by molar-refractivity contribution is -0.122. The molecule has 1 amide bonds. The predicted octanol–water partition coefficient (Wildman–Crippen LogP) is 2.59. The van der Waals surface area contributed by atoms with E-state index in [0.717, 1.165) is 12.0 Å². The van der Waals surface area contributed by atoms with Gasteiger partial charge in [-0.15, -0.1) is 12.4 Å². The van der Waals surface area contributed by atoms with Crippen LogP contribution in [0.4, 0.5) is 4.39 Å². The van der Waals surface area contributed by atoms with Crippen LogP contribution in [0, 0.1) is 11.7 Å². The molecule has 1 aliphatic rings. The van der Waals surface area contributed by atoms with Crippen LogP contribution in [0.25, 0.3) is 0 Å². The van der Waals surface area contributed by atoms with Crippen molar-refractivity contribution in [2.75, 3.05) is 0 Å². The molecular formula is C15H22ClFN2O. The van der Waals surface area contributed by atoms with Crippen LogP contribution in [0.1, 0.15) is 38.2 Å². The molecule has 1 aromatic rings. The van der Waals surface area contributed by atoms with Crippen LogP contribution in [-0.4, -0.2) is 18.0 Å². The molecule has 0 heterocycles. The van der Waals surface area contributed by atoms with Gasteiger partial charge in [-0.2, -0.15) is 0 Å². The molecule has 2 unspecified atom stereocenters. The summed E-state index contributed by atoms with van der Waals surface area (Å²) in [6, 6.07) is 6.21. The van der Waals surface area contributed by atoms with E-state index in [-0.39, 0.29) is 36.1 Å². The second-order valence-corrected chi connectivity index (χ2v) is 5.75. The van der Waals surface area contributed by atoms with E-state index in [2.05, 4.69) is 5.32 Å². The summed E-state index contributed by atoms with van der Waals surface area (Å²) >= 11 is 0. The topological polar surface area (TPSA) is 55.1 Å². The van der Waals surface area contributed by atoms with E-state index in [4.69, 9.17) is 5.73 Å². The summed E-state index contributed by atoms with van der Waals surface area (Å²) in [7, 11) is 0. The maximum Gasteiger partial charge on any atom is 0.237 e. The second kappa shape index (κ2) is 7.04. The Balaban J connectivity index is 0.00000200. The van der Waals surface area contributed by atoms with Crippen LogP contribution < -0.4 is 11.1 Å². The Morgan fingerprint density at radius 1 is 1.50 bits per heavy atom. The van der Waals surface area contributed by atoms with Gasteiger partial charge in [0.25, 0.3) is 0 Å². The Morgan fingerprint density at radius 3 is 2.80 bits per heavy atom. The SMILES string of the molecule is CC(C)C[C@H](N)C(=O)NC1CC1c1cccc(F)c1.Cl. The number of nitrogens with two attached hydrogens (primary N) is 1. The zero-order chi connectivity index (χ0) is 14.0. The Labute approximate surface area is 125 Å². The highest BCUT2D eigenvalue weighted by Crippen LogP contribution is 2.40. The summed E-state index contributed by atoms with van der Waals surface area (Å²) in [6.45, 7) is 4.08. The number of hydrogen-bond donors (Lipinski definition) is 2. The number of amides is 1. The van der Waals surface area contributed by atoms with Gasteiger partial charge in [0.2, 0.25) is 5.91 Å². The lowest BCUT2D eigenvalue weighted by Crippen LogP contribution is -2.42. The molecule has 20 heavy (non-hydrogen) atoms. The van der Waals surface area contributed by atoms with Crippen LogP contribution in [0.5, 0.6) is 0 Å². The molecule has 0 bridgehead atoms. The minimum absolute atomic E-state index is 0. The van der Waals surface area contributed by atoms with Crippen LogP contribution in [0.2, 0.25) is 0 Å². The first kappa shape index (κ1) is 16.9. The summed E-state index contributed by atoms with van der Waals surface area (Å²) in [5.74, 6) is 0.299. The van der Waals surface area contributed by atoms with E-state index in [1.165, 1.54) is 12.1 Å². The van der Waals surface area contributed by atoms with Gasteiger partial charge >= 0.3 is 0 Å². The van der Waals surface area contributed by atoms with Crippen molar-refractivity contribution < 1.29 is 9.18 Å².